The highest BCUT2D eigenvalue weighted by molar-refractivity contribution is 5.50. The van der Waals surface area contributed by atoms with Crippen molar-refractivity contribution in [3.63, 3.8) is 0 Å². The summed E-state index contributed by atoms with van der Waals surface area (Å²) < 4.78 is 0. The van der Waals surface area contributed by atoms with E-state index in [0.717, 1.165) is 11.1 Å². The second-order valence-corrected chi connectivity index (χ2v) is 3.97. The molecule has 0 aliphatic carbocycles. The van der Waals surface area contributed by atoms with E-state index in [1.165, 1.54) is 6.07 Å². The topological polar surface area (TPSA) is 44.0 Å². The number of hydrogen-bond acceptors (Lipinski definition) is 2. The van der Waals surface area contributed by atoms with E-state index < -0.39 is 0 Å². The molecular weight excluding hydrogens is 222 g/mol. The first-order valence-corrected chi connectivity index (χ1v) is 5.73. The smallest absolute Gasteiger partial charge is 0.120 e. The second kappa shape index (κ2) is 5.70. The summed E-state index contributed by atoms with van der Waals surface area (Å²) >= 11 is 0. The maximum absolute atomic E-state index is 9.73. The molecule has 0 spiro atoms. The summed E-state index contributed by atoms with van der Waals surface area (Å²) in [5.41, 5.74) is 2.43. The van der Waals surface area contributed by atoms with Crippen LogP contribution in [0.3, 0.4) is 0 Å². The molecule has 2 heteroatoms. The molecule has 2 nitrogen and oxygen atoms in total. The number of nitrogens with zero attached hydrogens (tertiary/aromatic N) is 1. The van der Waals surface area contributed by atoms with Gasteiger partial charge in [0, 0.05) is 0 Å². The zero-order valence-corrected chi connectivity index (χ0v) is 9.88. The fourth-order valence-electron chi connectivity index (χ4n) is 1.69. The van der Waals surface area contributed by atoms with Crippen molar-refractivity contribution >= 4 is 6.08 Å². The van der Waals surface area contributed by atoms with Gasteiger partial charge in [-0.15, -0.1) is 0 Å². The van der Waals surface area contributed by atoms with Gasteiger partial charge in [-0.05, 0) is 29.7 Å². The highest BCUT2D eigenvalue weighted by Crippen LogP contribution is 2.19. The minimum atomic E-state index is 0.173. The summed E-state index contributed by atoms with van der Waals surface area (Å²) in [6, 6.07) is 17.0. The van der Waals surface area contributed by atoms with E-state index in [1.807, 2.05) is 48.6 Å². The summed E-state index contributed by atoms with van der Waals surface area (Å²) in [6.07, 6.45) is 4.65. The number of nitriles is 1. The molecule has 0 unspecified atom stereocenters. The van der Waals surface area contributed by atoms with Gasteiger partial charge in [0.25, 0.3) is 0 Å². The Labute approximate surface area is 106 Å². The number of benzene rings is 2. The van der Waals surface area contributed by atoms with Gasteiger partial charge in [-0.1, -0.05) is 48.6 Å². The molecule has 0 aromatic heterocycles. The Balaban J connectivity index is 2.07. The van der Waals surface area contributed by atoms with E-state index in [1.54, 1.807) is 12.1 Å². The fourth-order valence-corrected chi connectivity index (χ4v) is 1.69. The van der Waals surface area contributed by atoms with Gasteiger partial charge in [0.15, 0.2) is 0 Å². The van der Waals surface area contributed by atoms with Crippen LogP contribution in [0.2, 0.25) is 0 Å². The lowest BCUT2D eigenvalue weighted by atomic mass is 10.1. The third-order valence-corrected chi connectivity index (χ3v) is 2.66. The first kappa shape index (κ1) is 11.9. The van der Waals surface area contributed by atoms with E-state index in [-0.39, 0.29) is 5.75 Å². The predicted molar refractivity (Wildman–Crippen MR) is 72.0 cm³/mol. The normalized spacial score (nSPS) is 10.4. The number of aromatic hydroxyl groups is 1. The van der Waals surface area contributed by atoms with Crippen LogP contribution in [0.1, 0.15) is 16.7 Å². The van der Waals surface area contributed by atoms with Gasteiger partial charge in [-0.3, -0.25) is 0 Å². The Kier molecular flexibility index (Phi) is 3.78. The van der Waals surface area contributed by atoms with Gasteiger partial charge in [0.1, 0.15) is 5.75 Å². The standard InChI is InChI=1S/C16H13NO/c17-12-14-9-10-15(16(18)11-14)8-4-7-13-5-2-1-3-6-13/h1-7,9-11,18H,8H2/b7-4+. The largest absolute Gasteiger partial charge is 0.508 e. The fraction of sp³-hybridized carbons (Fsp3) is 0.0625. The van der Waals surface area contributed by atoms with E-state index in [0.29, 0.717) is 12.0 Å². The Hall–Kier alpha value is -2.53. The van der Waals surface area contributed by atoms with Crippen LogP contribution in [0.25, 0.3) is 6.08 Å². The molecule has 0 bridgehead atoms. The molecule has 0 radical (unpaired) electrons. The minimum Gasteiger partial charge on any atom is -0.508 e. The Morgan fingerprint density at radius 1 is 1.11 bits per heavy atom. The monoisotopic (exact) mass is 235 g/mol. The second-order valence-electron chi connectivity index (χ2n) is 3.97. The van der Waals surface area contributed by atoms with Crippen LogP contribution in [-0.4, -0.2) is 5.11 Å². The van der Waals surface area contributed by atoms with Crippen molar-refractivity contribution in [2.24, 2.45) is 0 Å². The van der Waals surface area contributed by atoms with Crippen molar-refractivity contribution in [3.05, 3.63) is 71.3 Å². The van der Waals surface area contributed by atoms with Crippen LogP contribution < -0.4 is 0 Å². The average Bonchev–Trinajstić information content (AvgIpc) is 2.42. The maximum atomic E-state index is 9.73. The maximum Gasteiger partial charge on any atom is 0.120 e. The number of allylic oxidation sites excluding steroid dienone is 1. The average molecular weight is 235 g/mol. The quantitative estimate of drug-likeness (QED) is 0.884. The van der Waals surface area contributed by atoms with E-state index >= 15 is 0 Å². The third-order valence-electron chi connectivity index (χ3n) is 2.66. The molecule has 2 rings (SSSR count). The molecule has 0 heterocycles. The summed E-state index contributed by atoms with van der Waals surface area (Å²) in [6.45, 7) is 0. The summed E-state index contributed by atoms with van der Waals surface area (Å²) in [4.78, 5) is 0. The van der Waals surface area contributed by atoms with Crippen molar-refractivity contribution in [1.29, 1.82) is 5.26 Å². The highest BCUT2D eigenvalue weighted by atomic mass is 16.3. The first-order valence-electron chi connectivity index (χ1n) is 5.73. The van der Waals surface area contributed by atoms with Crippen molar-refractivity contribution in [2.75, 3.05) is 0 Å². The molecule has 0 atom stereocenters. The molecule has 0 saturated carbocycles. The van der Waals surface area contributed by atoms with Gasteiger partial charge in [0.2, 0.25) is 0 Å². The zero-order chi connectivity index (χ0) is 12.8. The lowest BCUT2D eigenvalue weighted by molar-refractivity contribution is 0.469. The highest BCUT2D eigenvalue weighted by Gasteiger charge is 2.00. The van der Waals surface area contributed by atoms with Crippen molar-refractivity contribution in [1.82, 2.24) is 0 Å². The van der Waals surface area contributed by atoms with Crippen LogP contribution in [0.4, 0.5) is 0 Å². The number of phenolic OH excluding ortho intramolecular Hbond substituents is 1. The molecule has 0 amide bonds. The van der Waals surface area contributed by atoms with Crippen LogP contribution in [0, 0.1) is 11.3 Å². The van der Waals surface area contributed by atoms with E-state index in [4.69, 9.17) is 5.26 Å². The van der Waals surface area contributed by atoms with Gasteiger partial charge < -0.3 is 5.11 Å². The van der Waals surface area contributed by atoms with Crippen molar-refractivity contribution in [3.8, 4) is 11.8 Å². The van der Waals surface area contributed by atoms with Crippen LogP contribution in [-0.2, 0) is 6.42 Å². The lowest BCUT2D eigenvalue weighted by Crippen LogP contribution is -1.84. The molecule has 0 saturated heterocycles. The van der Waals surface area contributed by atoms with E-state index in [2.05, 4.69) is 0 Å². The molecule has 2 aromatic carbocycles. The summed E-state index contributed by atoms with van der Waals surface area (Å²) in [5, 5.41) is 18.4. The molecule has 1 N–H and O–H groups in total. The first-order chi connectivity index (χ1) is 8.79. The minimum absolute atomic E-state index is 0.173. The molecule has 18 heavy (non-hydrogen) atoms. The Morgan fingerprint density at radius 2 is 1.89 bits per heavy atom. The SMILES string of the molecule is N#Cc1ccc(C/C=C/c2ccccc2)c(O)c1. The van der Waals surface area contributed by atoms with E-state index in [9.17, 15) is 5.11 Å². The molecule has 88 valence electrons. The number of rotatable bonds is 3. The molecule has 0 fully saturated rings. The van der Waals surface area contributed by atoms with Crippen LogP contribution in [0.5, 0.6) is 5.75 Å². The van der Waals surface area contributed by atoms with Gasteiger partial charge >= 0.3 is 0 Å². The Bertz CT molecular complexity index is 594. The van der Waals surface area contributed by atoms with Crippen LogP contribution in [0.15, 0.2) is 54.6 Å². The zero-order valence-electron chi connectivity index (χ0n) is 9.88. The van der Waals surface area contributed by atoms with Gasteiger partial charge in [0.05, 0.1) is 11.6 Å². The molecule has 0 aliphatic rings. The number of phenols is 1. The summed E-state index contributed by atoms with van der Waals surface area (Å²) in [5.74, 6) is 0.173. The van der Waals surface area contributed by atoms with Gasteiger partial charge in [-0.2, -0.15) is 5.26 Å². The summed E-state index contributed by atoms with van der Waals surface area (Å²) in [7, 11) is 0. The molecular formula is C16H13NO. The molecule has 2 aromatic rings. The number of hydrogen-bond donors (Lipinski definition) is 1. The van der Waals surface area contributed by atoms with Crippen molar-refractivity contribution in [2.45, 2.75) is 6.42 Å². The molecule has 0 aliphatic heterocycles. The predicted octanol–water partition coefficient (Wildman–Crippen LogP) is 3.52. The third kappa shape index (κ3) is 2.99. The van der Waals surface area contributed by atoms with Crippen molar-refractivity contribution < 1.29 is 5.11 Å². The van der Waals surface area contributed by atoms with Crippen LogP contribution >= 0.6 is 0 Å². The Morgan fingerprint density at radius 3 is 2.56 bits per heavy atom. The lowest BCUT2D eigenvalue weighted by Gasteiger charge is -2.01. The van der Waals surface area contributed by atoms with Gasteiger partial charge in [-0.25, -0.2) is 0 Å².